The van der Waals surface area contributed by atoms with Gasteiger partial charge in [-0.25, -0.2) is 4.98 Å². The molecule has 0 aliphatic rings. The quantitative estimate of drug-likeness (QED) is 0.937. The molecule has 0 saturated carbocycles. The summed E-state index contributed by atoms with van der Waals surface area (Å²) in [5.74, 6) is -1.46. The van der Waals surface area contributed by atoms with Crippen molar-refractivity contribution >= 4 is 5.82 Å². The van der Waals surface area contributed by atoms with Gasteiger partial charge in [-0.3, -0.25) is 0 Å². The number of anilines is 1. The summed E-state index contributed by atoms with van der Waals surface area (Å²) in [6.07, 6.45) is -3.88. The lowest BCUT2D eigenvalue weighted by molar-refractivity contribution is -0.145. The van der Waals surface area contributed by atoms with Gasteiger partial charge in [-0.1, -0.05) is 19.1 Å². The number of nitrogens with zero attached hydrogens (tertiary/aromatic N) is 2. The van der Waals surface area contributed by atoms with E-state index in [-0.39, 0.29) is 11.7 Å². The number of hydrogen-bond acceptors (Lipinski definition) is 4. The zero-order valence-electron chi connectivity index (χ0n) is 10.6. The molecule has 1 aromatic heterocycles. The molecule has 4 nitrogen and oxygen atoms in total. The van der Waals surface area contributed by atoms with Gasteiger partial charge >= 0.3 is 6.18 Å². The van der Waals surface area contributed by atoms with E-state index in [0.29, 0.717) is 5.75 Å². The molecule has 0 atom stereocenters. The van der Waals surface area contributed by atoms with E-state index in [1.165, 1.54) is 0 Å². The van der Waals surface area contributed by atoms with E-state index in [4.69, 9.17) is 10.5 Å². The van der Waals surface area contributed by atoms with E-state index in [0.717, 1.165) is 18.1 Å². The fourth-order valence-electron chi connectivity index (χ4n) is 1.57. The largest absolute Gasteiger partial charge is 0.451 e. The standard InChI is InChI=1S/C13H12F3N3O/c1-2-8-4-3-5-9(6-8)20-11-7-10(17)18-12(19-11)13(14,15)16/h3-7H,2H2,1H3,(H2,17,18,19). The Morgan fingerprint density at radius 2 is 1.95 bits per heavy atom. The van der Waals surface area contributed by atoms with Crippen LogP contribution in [0.5, 0.6) is 11.6 Å². The maximum atomic E-state index is 12.6. The first-order chi connectivity index (χ1) is 9.38. The van der Waals surface area contributed by atoms with E-state index >= 15 is 0 Å². The number of aryl methyl sites for hydroxylation is 1. The van der Waals surface area contributed by atoms with Crippen molar-refractivity contribution in [1.29, 1.82) is 0 Å². The van der Waals surface area contributed by atoms with Crippen molar-refractivity contribution in [3.8, 4) is 11.6 Å². The van der Waals surface area contributed by atoms with Crippen molar-refractivity contribution in [1.82, 2.24) is 9.97 Å². The van der Waals surface area contributed by atoms with Gasteiger partial charge in [0.25, 0.3) is 0 Å². The third-order valence-electron chi connectivity index (χ3n) is 2.51. The number of nitrogens with two attached hydrogens (primary N) is 1. The van der Waals surface area contributed by atoms with Crippen LogP contribution in [0.3, 0.4) is 0 Å². The van der Waals surface area contributed by atoms with Gasteiger partial charge < -0.3 is 10.5 Å². The number of ether oxygens (including phenoxy) is 1. The summed E-state index contributed by atoms with van der Waals surface area (Å²) in [6.45, 7) is 1.96. The minimum absolute atomic E-state index is 0.238. The highest BCUT2D eigenvalue weighted by atomic mass is 19.4. The Morgan fingerprint density at radius 1 is 1.20 bits per heavy atom. The van der Waals surface area contributed by atoms with Gasteiger partial charge in [0.05, 0.1) is 0 Å². The summed E-state index contributed by atoms with van der Waals surface area (Å²) in [7, 11) is 0. The van der Waals surface area contributed by atoms with Gasteiger partial charge in [0, 0.05) is 6.07 Å². The molecule has 0 spiro atoms. The van der Waals surface area contributed by atoms with E-state index in [2.05, 4.69) is 9.97 Å². The van der Waals surface area contributed by atoms with Crippen LogP contribution < -0.4 is 10.5 Å². The van der Waals surface area contributed by atoms with Gasteiger partial charge in [-0.2, -0.15) is 18.2 Å². The maximum Gasteiger partial charge on any atom is 0.451 e. The fourth-order valence-corrected chi connectivity index (χ4v) is 1.57. The Labute approximate surface area is 113 Å². The molecule has 1 aromatic carbocycles. The fraction of sp³-hybridized carbons (Fsp3) is 0.231. The lowest BCUT2D eigenvalue weighted by Gasteiger charge is -2.10. The molecule has 7 heteroatoms. The predicted molar refractivity (Wildman–Crippen MR) is 67.3 cm³/mol. The van der Waals surface area contributed by atoms with Crippen LogP contribution in [0.1, 0.15) is 18.3 Å². The monoisotopic (exact) mass is 283 g/mol. The molecule has 0 fully saturated rings. The van der Waals surface area contributed by atoms with E-state index < -0.39 is 12.0 Å². The molecule has 0 aliphatic carbocycles. The second-order valence-corrected chi connectivity index (χ2v) is 4.06. The first-order valence-electron chi connectivity index (χ1n) is 5.87. The lowest BCUT2D eigenvalue weighted by atomic mass is 10.2. The summed E-state index contributed by atoms with van der Waals surface area (Å²) in [5.41, 5.74) is 6.34. The highest BCUT2D eigenvalue weighted by Crippen LogP contribution is 2.29. The molecular weight excluding hydrogens is 271 g/mol. The molecule has 1 heterocycles. The highest BCUT2D eigenvalue weighted by Gasteiger charge is 2.35. The summed E-state index contributed by atoms with van der Waals surface area (Å²) < 4.78 is 43.0. The molecule has 0 amide bonds. The van der Waals surface area contributed by atoms with E-state index in [1.807, 2.05) is 13.0 Å². The molecule has 2 aromatic rings. The molecule has 106 valence electrons. The molecule has 0 unspecified atom stereocenters. The molecular formula is C13H12F3N3O. The number of alkyl halides is 3. The third-order valence-corrected chi connectivity index (χ3v) is 2.51. The van der Waals surface area contributed by atoms with Gasteiger partial charge in [0.15, 0.2) is 0 Å². The zero-order valence-corrected chi connectivity index (χ0v) is 10.6. The van der Waals surface area contributed by atoms with Gasteiger partial charge in [0.1, 0.15) is 11.6 Å². The second-order valence-electron chi connectivity index (χ2n) is 4.06. The summed E-state index contributed by atoms with van der Waals surface area (Å²) in [5, 5.41) is 0. The third kappa shape index (κ3) is 3.37. The number of hydrogen-bond donors (Lipinski definition) is 1. The van der Waals surface area contributed by atoms with E-state index in [1.54, 1.807) is 18.2 Å². The Bertz CT molecular complexity index is 614. The Morgan fingerprint density at radius 3 is 2.60 bits per heavy atom. The van der Waals surface area contributed by atoms with Crippen molar-refractivity contribution < 1.29 is 17.9 Å². The zero-order chi connectivity index (χ0) is 14.8. The van der Waals surface area contributed by atoms with Crippen molar-refractivity contribution in [2.24, 2.45) is 0 Å². The Kier molecular flexibility index (Phi) is 3.78. The van der Waals surface area contributed by atoms with Crippen LogP contribution in [0.2, 0.25) is 0 Å². The summed E-state index contributed by atoms with van der Waals surface area (Å²) >= 11 is 0. The van der Waals surface area contributed by atoms with Gasteiger partial charge in [-0.15, -0.1) is 0 Å². The molecule has 2 rings (SSSR count). The first kappa shape index (κ1) is 14.1. The normalized spacial score (nSPS) is 11.4. The van der Waals surface area contributed by atoms with Gasteiger partial charge in [0.2, 0.25) is 11.7 Å². The van der Waals surface area contributed by atoms with Crippen molar-refractivity contribution in [2.75, 3.05) is 5.73 Å². The van der Waals surface area contributed by atoms with Crippen LogP contribution in [0.15, 0.2) is 30.3 Å². The highest BCUT2D eigenvalue weighted by molar-refractivity contribution is 5.37. The molecule has 0 aliphatic heterocycles. The van der Waals surface area contributed by atoms with Crippen LogP contribution in [-0.4, -0.2) is 9.97 Å². The lowest BCUT2D eigenvalue weighted by Crippen LogP contribution is -2.12. The first-order valence-corrected chi connectivity index (χ1v) is 5.87. The maximum absolute atomic E-state index is 12.6. The van der Waals surface area contributed by atoms with Crippen molar-refractivity contribution in [2.45, 2.75) is 19.5 Å². The van der Waals surface area contributed by atoms with E-state index in [9.17, 15) is 13.2 Å². The number of benzene rings is 1. The smallest absolute Gasteiger partial charge is 0.439 e. The summed E-state index contributed by atoms with van der Waals surface area (Å²) in [6, 6.07) is 8.15. The second kappa shape index (κ2) is 5.36. The van der Waals surface area contributed by atoms with Crippen LogP contribution in [0.25, 0.3) is 0 Å². The number of halogens is 3. The van der Waals surface area contributed by atoms with Crippen LogP contribution >= 0.6 is 0 Å². The van der Waals surface area contributed by atoms with Gasteiger partial charge in [-0.05, 0) is 24.1 Å². The molecule has 0 bridgehead atoms. The van der Waals surface area contributed by atoms with Crippen LogP contribution in [-0.2, 0) is 12.6 Å². The molecule has 20 heavy (non-hydrogen) atoms. The predicted octanol–water partition coefficient (Wildman–Crippen LogP) is 3.43. The average Bonchev–Trinajstić information content (AvgIpc) is 2.37. The summed E-state index contributed by atoms with van der Waals surface area (Å²) in [4.78, 5) is 6.46. The number of nitrogen functional groups attached to an aromatic ring is 1. The van der Waals surface area contributed by atoms with Crippen LogP contribution in [0.4, 0.5) is 19.0 Å². The molecule has 0 radical (unpaired) electrons. The SMILES string of the molecule is CCc1cccc(Oc2cc(N)nc(C(F)(F)F)n2)c1. The topological polar surface area (TPSA) is 61.0 Å². The molecule has 0 saturated heterocycles. The van der Waals surface area contributed by atoms with Crippen molar-refractivity contribution in [3.63, 3.8) is 0 Å². The number of aromatic nitrogens is 2. The van der Waals surface area contributed by atoms with Crippen molar-refractivity contribution in [3.05, 3.63) is 41.7 Å². The van der Waals surface area contributed by atoms with Crippen LogP contribution in [0, 0.1) is 0 Å². The number of rotatable bonds is 3. The average molecular weight is 283 g/mol. The minimum atomic E-state index is -4.67. The molecule has 2 N–H and O–H groups in total. The Hall–Kier alpha value is -2.31. The minimum Gasteiger partial charge on any atom is -0.439 e. The Balaban J connectivity index is 2.31.